The van der Waals surface area contributed by atoms with Gasteiger partial charge < -0.3 is 10.1 Å². The maximum atomic E-state index is 13.1. The van der Waals surface area contributed by atoms with E-state index in [9.17, 15) is 24.1 Å². The Morgan fingerprint density at radius 2 is 1.96 bits per heavy atom. The summed E-state index contributed by atoms with van der Waals surface area (Å²) in [6.45, 7) is 1.42. The van der Waals surface area contributed by atoms with Gasteiger partial charge in [0.1, 0.15) is 23.7 Å². The topological polar surface area (TPSA) is 102 Å². The Morgan fingerprint density at radius 1 is 1.22 bits per heavy atom. The van der Waals surface area contributed by atoms with Gasteiger partial charge >= 0.3 is 6.03 Å². The van der Waals surface area contributed by atoms with E-state index >= 15 is 0 Å². The number of urea groups is 1. The molecule has 1 N–H and O–H groups in total. The lowest BCUT2D eigenvalue weighted by molar-refractivity contribution is -0.385. The molecular formula is C18H16FN3O5. The molecule has 0 saturated carbocycles. The molecule has 3 amide bonds. The van der Waals surface area contributed by atoms with Gasteiger partial charge in [-0.2, -0.15) is 0 Å². The number of imide groups is 1. The van der Waals surface area contributed by atoms with Crippen molar-refractivity contribution in [2.75, 3.05) is 13.2 Å². The number of hydrogen-bond donors (Lipinski definition) is 1. The first-order chi connectivity index (χ1) is 12.8. The van der Waals surface area contributed by atoms with Gasteiger partial charge in [0.2, 0.25) is 0 Å². The quantitative estimate of drug-likeness (QED) is 0.476. The number of nitro benzene ring substituents is 1. The summed E-state index contributed by atoms with van der Waals surface area (Å²) in [6, 6.07) is 10.4. The molecule has 3 rings (SSSR count). The lowest BCUT2D eigenvalue weighted by atomic mass is 9.91. The number of amides is 3. The SMILES string of the molecule is C[C@]1(c2cccc([N+](=O)[O-])c2)NC(=O)N(CCOc2cccc(F)c2)C1=O. The number of rotatable bonds is 6. The van der Waals surface area contributed by atoms with Crippen molar-refractivity contribution in [1.29, 1.82) is 0 Å². The fourth-order valence-corrected chi connectivity index (χ4v) is 2.84. The van der Waals surface area contributed by atoms with Crippen LogP contribution in [0.4, 0.5) is 14.9 Å². The van der Waals surface area contributed by atoms with Crippen LogP contribution in [0.1, 0.15) is 12.5 Å². The minimum Gasteiger partial charge on any atom is -0.492 e. The van der Waals surface area contributed by atoms with Crippen LogP contribution in [0.5, 0.6) is 5.75 Å². The fourth-order valence-electron chi connectivity index (χ4n) is 2.84. The van der Waals surface area contributed by atoms with Crippen LogP contribution >= 0.6 is 0 Å². The number of benzene rings is 2. The van der Waals surface area contributed by atoms with E-state index in [2.05, 4.69) is 5.32 Å². The summed E-state index contributed by atoms with van der Waals surface area (Å²) in [5.41, 5.74) is -1.28. The minimum absolute atomic E-state index is 0.0202. The van der Waals surface area contributed by atoms with Crippen LogP contribution in [0.25, 0.3) is 0 Å². The molecule has 0 radical (unpaired) electrons. The highest BCUT2D eigenvalue weighted by Crippen LogP contribution is 2.30. The second kappa shape index (κ2) is 7.02. The number of nitrogens with one attached hydrogen (secondary N) is 1. The largest absolute Gasteiger partial charge is 0.492 e. The first-order valence-corrected chi connectivity index (χ1v) is 8.08. The third-order valence-electron chi connectivity index (χ3n) is 4.29. The number of halogens is 1. The van der Waals surface area contributed by atoms with Crippen molar-refractivity contribution in [3.63, 3.8) is 0 Å². The van der Waals surface area contributed by atoms with Crippen molar-refractivity contribution in [3.8, 4) is 5.75 Å². The van der Waals surface area contributed by atoms with Crippen molar-refractivity contribution in [3.05, 3.63) is 70.0 Å². The Bertz CT molecular complexity index is 919. The van der Waals surface area contributed by atoms with Gasteiger partial charge in [-0.05, 0) is 24.6 Å². The summed E-state index contributed by atoms with van der Waals surface area (Å²) >= 11 is 0. The Kier molecular flexibility index (Phi) is 4.76. The summed E-state index contributed by atoms with van der Waals surface area (Å²) < 4.78 is 18.5. The van der Waals surface area contributed by atoms with E-state index in [1.165, 1.54) is 49.4 Å². The number of nitro groups is 1. The van der Waals surface area contributed by atoms with E-state index in [0.29, 0.717) is 5.56 Å². The molecule has 1 atom stereocenters. The molecule has 1 fully saturated rings. The van der Waals surface area contributed by atoms with Gasteiger partial charge in [-0.15, -0.1) is 0 Å². The zero-order chi connectivity index (χ0) is 19.6. The predicted octanol–water partition coefficient (Wildman–Crippen LogP) is 2.58. The third kappa shape index (κ3) is 3.57. The maximum absolute atomic E-state index is 13.1. The molecular weight excluding hydrogens is 357 g/mol. The van der Waals surface area contributed by atoms with Crippen LogP contribution in [0.3, 0.4) is 0 Å². The summed E-state index contributed by atoms with van der Waals surface area (Å²) in [7, 11) is 0. The molecule has 140 valence electrons. The van der Waals surface area contributed by atoms with Gasteiger partial charge in [0.15, 0.2) is 0 Å². The lowest BCUT2D eigenvalue weighted by Crippen LogP contribution is -2.41. The number of ether oxygens (including phenoxy) is 1. The zero-order valence-corrected chi connectivity index (χ0v) is 14.3. The number of non-ortho nitro benzene ring substituents is 1. The molecule has 1 heterocycles. The van der Waals surface area contributed by atoms with Crippen molar-refractivity contribution in [2.45, 2.75) is 12.5 Å². The maximum Gasteiger partial charge on any atom is 0.325 e. The van der Waals surface area contributed by atoms with Gasteiger partial charge in [0.25, 0.3) is 11.6 Å². The molecule has 0 aliphatic carbocycles. The molecule has 2 aromatic rings. The highest BCUT2D eigenvalue weighted by Gasteiger charge is 2.49. The van der Waals surface area contributed by atoms with Crippen LogP contribution in [-0.4, -0.2) is 34.9 Å². The summed E-state index contributed by atoms with van der Waals surface area (Å²) in [4.78, 5) is 36.4. The van der Waals surface area contributed by atoms with Gasteiger partial charge in [0, 0.05) is 18.2 Å². The van der Waals surface area contributed by atoms with Crippen molar-refractivity contribution in [2.24, 2.45) is 0 Å². The minimum atomic E-state index is -1.41. The number of carbonyl (C=O) groups excluding carboxylic acids is 2. The van der Waals surface area contributed by atoms with E-state index < -0.39 is 28.2 Å². The second-order valence-electron chi connectivity index (χ2n) is 6.13. The number of carbonyl (C=O) groups is 2. The van der Waals surface area contributed by atoms with Crippen LogP contribution in [0.2, 0.25) is 0 Å². The average Bonchev–Trinajstić information content (AvgIpc) is 2.86. The van der Waals surface area contributed by atoms with Crippen LogP contribution in [-0.2, 0) is 10.3 Å². The predicted molar refractivity (Wildman–Crippen MR) is 92.6 cm³/mol. The normalized spacial score (nSPS) is 19.1. The number of hydrogen-bond acceptors (Lipinski definition) is 5. The standard InChI is InChI=1S/C18H16FN3O5/c1-18(12-4-2-6-14(10-12)22(25)26)16(23)21(17(24)20-18)8-9-27-15-7-3-5-13(19)11-15/h2-7,10-11H,8-9H2,1H3,(H,20,24)/t18-/m1/s1. The molecule has 9 heteroatoms. The van der Waals surface area contributed by atoms with E-state index in [0.717, 1.165) is 4.90 Å². The van der Waals surface area contributed by atoms with Crippen LogP contribution in [0.15, 0.2) is 48.5 Å². The summed E-state index contributed by atoms with van der Waals surface area (Å²) in [5.74, 6) is -0.722. The molecule has 0 unspecified atom stereocenters. The Balaban J connectivity index is 1.72. The summed E-state index contributed by atoms with van der Waals surface area (Å²) in [5, 5.41) is 13.5. The molecule has 0 bridgehead atoms. The van der Waals surface area contributed by atoms with E-state index in [1.807, 2.05) is 0 Å². The molecule has 27 heavy (non-hydrogen) atoms. The van der Waals surface area contributed by atoms with E-state index in [4.69, 9.17) is 4.74 Å². The lowest BCUT2D eigenvalue weighted by Gasteiger charge is -2.22. The van der Waals surface area contributed by atoms with Crippen molar-refractivity contribution >= 4 is 17.6 Å². The van der Waals surface area contributed by atoms with Crippen molar-refractivity contribution < 1.29 is 23.6 Å². The number of nitrogens with zero attached hydrogens (tertiary/aromatic N) is 2. The monoisotopic (exact) mass is 373 g/mol. The Labute approximate surface area is 153 Å². The molecule has 0 spiro atoms. The summed E-state index contributed by atoms with van der Waals surface area (Å²) in [6.07, 6.45) is 0. The van der Waals surface area contributed by atoms with Gasteiger partial charge in [0.05, 0.1) is 11.5 Å². The average molecular weight is 373 g/mol. The Morgan fingerprint density at radius 3 is 2.67 bits per heavy atom. The van der Waals surface area contributed by atoms with Crippen LogP contribution in [0, 0.1) is 15.9 Å². The Hall–Kier alpha value is -3.49. The van der Waals surface area contributed by atoms with Gasteiger partial charge in [-0.25, -0.2) is 9.18 Å². The molecule has 1 aliphatic rings. The van der Waals surface area contributed by atoms with Crippen molar-refractivity contribution in [1.82, 2.24) is 10.2 Å². The van der Waals surface area contributed by atoms with E-state index in [-0.39, 0.29) is 24.6 Å². The second-order valence-corrected chi connectivity index (χ2v) is 6.13. The highest BCUT2D eigenvalue weighted by atomic mass is 19.1. The van der Waals surface area contributed by atoms with Crippen LogP contribution < -0.4 is 10.1 Å². The first kappa shape index (κ1) is 18.3. The molecule has 1 saturated heterocycles. The third-order valence-corrected chi connectivity index (χ3v) is 4.29. The molecule has 2 aromatic carbocycles. The molecule has 0 aromatic heterocycles. The zero-order valence-electron chi connectivity index (χ0n) is 14.3. The molecule has 1 aliphatic heterocycles. The van der Waals surface area contributed by atoms with Gasteiger partial charge in [-0.3, -0.25) is 19.8 Å². The van der Waals surface area contributed by atoms with Gasteiger partial charge in [-0.1, -0.05) is 18.2 Å². The van der Waals surface area contributed by atoms with E-state index in [1.54, 1.807) is 6.07 Å². The fraction of sp³-hybridized carbons (Fsp3) is 0.222. The molecule has 8 nitrogen and oxygen atoms in total. The highest BCUT2D eigenvalue weighted by molar-refractivity contribution is 6.07. The first-order valence-electron chi connectivity index (χ1n) is 8.08. The smallest absolute Gasteiger partial charge is 0.325 e.